The van der Waals surface area contributed by atoms with Gasteiger partial charge in [-0.05, 0) is 31.5 Å². The highest BCUT2D eigenvalue weighted by atomic mass is 16.5. The number of carbonyl (C=O) groups excluding carboxylic acids is 1. The van der Waals surface area contributed by atoms with E-state index in [9.17, 15) is 4.79 Å². The highest BCUT2D eigenvalue weighted by Crippen LogP contribution is 2.14. The summed E-state index contributed by atoms with van der Waals surface area (Å²) in [4.78, 5) is 11.8. The number of benzene rings is 1. The molecular weight excluding hydrogens is 258 g/mol. The molecule has 0 saturated heterocycles. The number of rotatable bonds is 5. The zero-order valence-corrected chi connectivity index (χ0v) is 11.8. The van der Waals surface area contributed by atoms with Crippen LogP contribution in [0.4, 0.5) is 0 Å². The first-order chi connectivity index (χ1) is 9.65. The van der Waals surface area contributed by atoms with E-state index in [0.29, 0.717) is 19.0 Å². The summed E-state index contributed by atoms with van der Waals surface area (Å²) in [6.45, 7) is 4.39. The molecule has 2 aromatic rings. The summed E-state index contributed by atoms with van der Waals surface area (Å²) in [5.41, 5.74) is 1.03. The van der Waals surface area contributed by atoms with Crippen LogP contribution in [-0.2, 0) is 11.3 Å². The maximum atomic E-state index is 11.8. The van der Waals surface area contributed by atoms with E-state index in [2.05, 4.69) is 10.2 Å². The normalized spacial score (nSPS) is 10.3. The number of carbonyl (C=O) groups is 1. The van der Waals surface area contributed by atoms with E-state index in [4.69, 9.17) is 9.47 Å². The molecule has 2 rings (SSSR count). The largest absolute Gasteiger partial charge is 0.497 e. The lowest BCUT2D eigenvalue weighted by Crippen LogP contribution is -2.15. The van der Waals surface area contributed by atoms with Gasteiger partial charge in [0.1, 0.15) is 11.6 Å². The number of ether oxygens (including phenoxy) is 2. The fourth-order valence-corrected chi connectivity index (χ4v) is 1.83. The molecule has 1 aromatic carbocycles. The summed E-state index contributed by atoms with van der Waals surface area (Å²) in [7, 11) is 1.62. The molecule has 0 saturated carbocycles. The van der Waals surface area contributed by atoms with Gasteiger partial charge in [0.2, 0.25) is 5.82 Å². The van der Waals surface area contributed by atoms with E-state index in [1.165, 1.54) is 0 Å². The molecular formula is C14H17N3O3. The summed E-state index contributed by atoms with van der Waals surface area (Å²) in [6.07, 6.45) is 0. The van der Waals surface area contributed by atoms with Crippen molar-refractivity contribution in [3.8, 4) is 5.75 Å². The lowest BCUT2D eigenvalue weighted by molar-refractivity contribution is 0.0506. The van der Waals surface area contributed by atoms with E-state index in [-0.39, 0.29) is 5.82 Å². The minimum Gasteiger partial charge on any atom is -0.497 e. The van der Waals surface area contributed by atoms with Crippen molar-refractivity contribution < 1.29 is 14.3 Å². The smallest absolute Gasteiger partial charge is 0.376 e. The van der Waals surface area contributed by atoms with Gasteiger partial charge in [0, 0.05) is 0 Å². The van der Waals surface area contributed by atoms with Gasteiger partial charge in [-0.1, -0.05) is 12.1 Å². The highest BCUT2D eigenvalue weighted by molar-refractivity contribution is 5.85. The Kier molecular flexibility index (Phi) is 4.34. The average molecular weight is 275 g/mol. The molecule has 0 amide bonds. The van der Waals surface area contributed by atoms with Crippen molar-refractivity contribution in [3.05, 3.63) is 41.5 Å². The molecule has 0 unspecified atom stereocenters. The van der Waals surface area contributed by atoms with Gasteiger partial charge in [0.05, 0.1) is 20.3 Å². The molecule has 0 fully saturated rings. The van der Waals surface area contributed by atoms with Crippen LogP contribution >= 0.6 is 0 Å². The van der Waals surface area contributed by atoms with Gasteiger partial charge in [-0.25, -0.2) is 4.79 Å². The molecule has 0 bridgehead atoms. The molecule has 6 nitrogen and oxygen atoms in total. The lowest BCUT2D eigenvalue weighted by atomic mass is 10.2. The number of esters is 1. The van der Waals surface area contributed by atoms with Gasteiger partial charge >= 0.3 is 5.97 Å². The van der Waals surface area contributed by atoms with E-state index in [1.54, 1.807) is 25.5 Å². The van der Waals surface area contributed by atoms with Crippen LogP contribution in [0.1, 0.15) is 28.9 Å². The van der Waals surface area contributed by atoms with Crippen LogP contribution in [0.2, 0.25) is 0 Å². The Hall–Kier alpha value is -2.37. The molecule has 0 spiro atoms. The highest BCUT2D eigenvalue weighted by Gasteiger charge is 2.17. The van der Waals surface area contributed by atoms with E-state index < -0.39 is 5.97 Å². The summed E-state index contributed by atoms with van der Waals surface area (Å²) < 4.78 is 11.8. The van der Waals surface area contributed by atoms with Crippen molar-refractivity contribution in [1.29, 1.82) is 0 Å². The number of aryl methyl sites for hydroxylation is 1. The first-order valence-electron chi connectivity index (χ1n) is 6.35. The van der Waals surface area contributed by atoms with Gasteiger partial charge in [-0.3, -0.25) is 0 Å². The molecule has 6 heteroatoms. The van der Waals surface area contributed by atoms with Gasteiger partial charge in [-0.15, -0.1) is 10.2 Å². The lowest BCUT2D eigenvalue weighted by Gasteiger charge is -2.08. The first kappa shape index (κ1) is 14.0. The molecule has 0 N–H and O–H groups in total. The topological polar surface area (TPSA) is 66.2 Å². The van der Waals surface area contributed by atoms with Crippen LogP contribution in [0.3, 0.4) is 0 Å². The molecule has 20 heavy (non-hydrogen) atoms. The Balaban J connectivity index is 2.23. The van der Waals surface area contributed by atoms with E-state index >= 15 is 0 Å². The second kappa shape index (κ2) is 6.18. The molecule has 0 aliphatic heterocycles. The minimum absolute atomic E-state index is 0.222. The summed E-state index contributed by atoms with van der Waals surface area (Å²) in [5, 5.41) is 7.82. The third-order valence-corrected chi connectivity index (χ3v) is 2.89. The van der Waals surface area contributed by atoms with Gasteiger partial charge in [0.25, 0.3) is 0 Å². The minimum atomic E-state index is -0.457. The number of hydrogen-bond acceptors (Lipinski definition) is 5. The first-order valence-corrected chi connectivity index (χ1v) is 6.35. The monoisotopic (exact) mass is 275 g/mol. The zero-order valence-electron chi connectivity index (χ0n) is 11.8. The van der Waals surface area contributed by atoms with Gasteiger partial charge in [-0.2, -0.15) is 0 Å². The Morgan fingerprint density at radius 1 is 1.25 bits per heavy atom. The molecule has 0 radical (unpaired) electrons. The standard InChI is InChI=1S/C14H17N3O3/c1-4-20-14(18)13-16-15-10(2)17(13)9-11-5-7-12(19-3)8-6-11/h5-8H,4,9H2,1-3H3. The third-order valence-electron chi connectivity index (χ3n) is 2.89. The van der Waals surface area contributed by atoms with Crippen molar-refractivity contribution in [1.82, 2.24) is 14.8 Å². The Morgan fingerprint density at radius 3 is 2.55 bits per heavy atom. The fourth-order valence-electron chi connectivity index (χ4n) is 1.83. The third kappa shape index (κ3) is 2.96. The van der Waals surface area contributed by atoms with Gasteiger partial charge < -0.3 is 14.0 Å². The molecule has 106 valence electrons. The summed E-state index contributed by atoms with van der Waals surface area (Å²) in [6, 6.07) is 7.62. The van der Waals surface area contributed by atoms with Crippen molar-refractivity contribution in [2.45, 2.75) is 20.4 Å². The van der Waals surface area contributed by atoms with Crippen molar-refractivity contribution in [3.63, 3.8) is 0 Å². The maximum Gasteiger partial charge on any atom is 0.376 e. The average Bonchev–Trinajstić information content (AvgIpc) is 2.81. The summed E-state index contributed by atoms with van der Waals surface area (Å²) in [5.74, 6) is 1.23. The molecule has 0 aliphatic rings. The fraction of sp³-hybridized carbons (Fsp3) is 0.357. The summed E-state index contributed by atoms with van der Waals surface area (Å²) >= 11 is 0. The quantitative estimate of drug-likeness (QED) is 0.779. The Bertz CT molecular complexity index is 590. The van der Waals surface area contributed by atoms with Crippen LogP contribution in [0.15, 0.2) is 24.3 Å². The second-order valence-corrected chi connectivity index (χ2v) is 4.23. The number of hydrogen-bond donors (Lipinski definition) is 0. The molecule has 0 aliphatic carbocycles. The van der Waals surface area contributed by atoms with Crippen LogP contribution < -0.4 is 4.74 Å². The van der Waals surface area contributed by atoms with Crippen LogP contribution in [0.25, 0.3) is 0 Å². The van der Waals surface area contributed by atoms with E-state index in [0.717, 1.165) is 11.3 Å². The van der Waals surface area contributed by atoms with Crippen LogP contribution in [0, 0.1) is 6.92 Å². The number of nitrogens with zero attached hydrogens (tertiary/aromatic N) is 3. The molecule has 1 heterocycles. The van der Waals surface area contributed by atoms with Crippen molar-refractivity contribution in [2.75, 3.05) is 13.7 Å². The van der Waals surface area contributed by atoms with Crippen LogP contribution in [0.5, 0.6) is 5.75 Å². The second-order valence-electron chi connectivity index (χ2n) is 4.23. The SMILES string of the molecule is CCOC(=O)c1nnc(C)n1Cc1ccc(OC)cc1. The number of aromatic nitrogens is 3. The molecule has 0 atom stereocenters. The predicted molar refractivity (Wildman–Crippen MR) is 72.8 cm³/mol. The zero-order chi connectivity index (χ0) is 14.5. The number of methoxy groups -OCH3 is 1. The van der Waals surface area contributed by atoms with Crippen molar-refractivity contribution >= 4 is 5.97 Å². The molecule has 1 aromatic heterocycles. The maximum absolute atomic E-state index is 11.8. The van der Waals surface area contributed by atoms with Crippen LogP contribution in [-0.4, -0.2) is 34.5 Å². The van der Waals surface area contributed by atoms with E-state index in [1.807, 2.05) is 24.3 Å². The Labute approximate surface area is 117 Å². The predicted octanol–water partition coefficient (Wildman–Crippen LogP) is 1.82. The van der Waals surface area contributed by atoms with Crippen molar-refractivity contribution in [2.24, 2.45) is 0 Å². The van der Waals surface area contributed by atoms with Gasteiger partial charge in [0.15, 0.2) is 0 Å². The Morgan fingerprint density at radius 2 is 1.95 bits per heavy atom.